The summed E-state index contributed by atoms with van der Waals surface area (Å²) >= 11 is 0. The molecule has 0 spiro atoms. The van der Waals surface area contributed by atoms with Crippen molar-refractivity contribution < 1.29 is 0 Å². The van der Waals surface area contributed by atoms with Crippen molar-refractivity contribution in [2.45, 2.75) is 53.9 Å². The number of hydrogen-bond donors (Lipinski definition) is 0. The van der Waals surface area contributed by atoms with Crippen LogP contribution in [0.3, 0.4) is 0 Å². The number of aliphatic imine (C=N–C) groups is 1. The summed E-state index contributed by atoms with van der Waals surface area (Å²) in [5.74, 6) is 0. The predicted octanol–water partition coefficient (Wildman–Crippen LogP) is 8.12. The monoisotopic (exact) mass is 426 g/mol. The normalized spacial score (nSPS) is 14.2. The molecule has 32 heavy (non-hydrogen) atoms. The summed E-state index contributed by atoms with van der Waals surface area (Å²) in [6, 6.07) is 6.69. The van der Waals surface area contributed by atoms with Crippen molar-refractivity contribution in [1.29, 1.82) is 0 Å². The number of hydrogen-bond acceptors (Lipinski definition) is 2. The predicted molar refractivity (Wildman–Crippen MR) is 143 cm³/mol. The molecule has 0 saturated carbocycles. The molecule has 0 aliphatic carbocycles. The van der Waals surface area contributed by atoms with Gasteiger partial charge in [0.15, 0.2) is 0 Å². The maximum atomic E-state index is 5.09. The summed E-state index contributed by atoms with van der Waals surface area (Å²) in [6.07, 6.45) is 12.4. The van der Waals surface area contributed by atoms with Crippen LogP contribution in [0.15, 0.2) is 101 Å². The molecule has 0 N–H and O–H groups in total. The molecule has 2 nitrogen and oxygen atoms in total. The molecule has 1 aromatic carbocycles. The Bertz CT molecular complexity index is 1050. The van der Waals surface area contributed by atoms with E-state index in [1.165, 1.54) is 27.8 Å². The van der Waals surface area contributed by atoms with Gasteiger partial charge in [0, 0.05) is 36.6 Å². The lowest BCUT2D eigenvalue weighted by Gasteiger charge is -2.20. The summed E-state index contributed by atoms with van der Waals surface area (Å²) in [7, 11) is 2.03. The Kier molecular flexibility index (Phi) is 9.02. The second-order valence-electron chi connectivity index (χ2n) is 8.64. The highest BCUT2D eigenvalue weighted by Crippen LogP contribution is 2.37. The second-order valence-corrected chi connectivity index (χ2v) is 8.64. The molecule has 1 aliphatic heterocycles. The van der Waals surface area contributed by atoms with Crippen molar-refractivity contribution in [3.8, 4) is 0 Å². The van der Waals surface area contributed by atoms with Crippen LogP contribution >= 0.6 is 0 Å². The lowest BCUT2D eigenvalue weighted by atomic mass is 9.91. The Morgan fingerprint density at radius 1 is 1.19 bits per heavy atom. The lowest BCUT2D eigenvalue weighted by Crippen LogP contribution is -2.10. The molecule has 168 valence electrons. The molecule has 0 aromatic heterocycles. The molecule has 1 aromatic rings. The van der Waals surface area contributed by atoms with Gasteiger partial charge < -0.3 is 4.90 Å². The van der Waals surface area contributed by atoms with Crippen LogP contribution in [0.1, 0.15) is 57.2 Å². The van der Waals surface area contributed by atoms with Crippen LogP contribution in [0.25, 0.3) is 5.70 Å². The van der Waals surface area contributed by atoms with Crippen LogP contribution in [-0.4, -0.2) is 17.7 Å². The van der Waals surface area contributed by atoms with E-state index in [-0.39, 0.29) is 0 Å². The first-order valence-electron chi connectivity index (χ1n) is 11.3. The van der Waals surface area contributed by atoms with E-state index >= 15 is 0 Å². The highest BCUT2D eigenvalue weighted by atomic mass is 15.1. The van der Waals surface area contributed by atoms with Crippen molar-refractivity contribution in [2.24, 2.45) is 4.99 Å². The molecular formula is C30H38N2. The Morgan fingerprint density at radius 3 is 2.50 bits per heavy atom. The van der Waals surface area contributed by atoms with Gasteiger partial charge in [0.2, 0.25) is 0 Å². The molecule has 2 rings (SSSR count). The van der Waals surface area contributed by atoms with E-state index in [2.05, 4.69) is 83.5 Å². The quantitative estimate of drug-likeness (QED) is 0.345. The minimum Gasteiger partial charge on any atom is -0.354 e. The summed E-state index contributed by atoms with van der Waals surface area (Å²) in [5, 5.41) is 0. The van der Waals surface area contributed by atoms with E-state index in [4.69, 9.17) is 4.99 Å². The molecular weight excluding hydrogens is 388 g/mol. The Balaban J connectivity index is 2.51. The minimum absolute atomic E-state index is 0.772. The third kappa shape index (κ3) is 6.20. The van der Waals surface area contributed by atoms with Gasteiger partial charge in [-0.2, -0.15) is 0 Å². The highest BCUT2D eigenvalue weighted by Gasteiger charge is 2.21. The van der Waals surface area contributed by atoms with Crippen LogP contribution in [0.4, 0.5) is 0 Å². The van der Waals surface area contributed by atoms with Crippen molar-refractivity contribution >= 4 is 11.4 Å². The van der Waals surface area contributed by atoms with E-state index < -0.39 is 0 Å². The molecule has 1 heterocycles. The largest absolute Gasteiger partial charge is 0.354 e. The van der Waals surface area contributed by atoms with Gasteiger partial charge in [-0.05, 0) is 81.0 Å². The zero-order valence-corrected chi connectivity index (χ0v) is 20.8. The first-order valence-corrected chi connectivity index (χ1v) is 11.3. The highest BCUT2D eigenvalue weighted by molar-refractivity contribution is 6.05. The minimum atomic E-state index is 0.772. The number of rotatable bonds is 10. The summed E-state index contributed by atoms with van der Waals surface area (Å²) in [4.78, 5) is 7.17. The SMILES string of the molecule is C=C/C=C\N(C)/C(C)=C(\C=C)C(=C)CC1=C(c2cc(C)ccc2CC)N=C(C=C(C)C)C1. The van der Waals surface area contributed by atoms with Gasteiger partial charge in [0.05, 0.1) is 5.70 Å². The maximum Gasteiger partial charge on any atom is 0.0707 e. The first kappa shape index (κ1) is 25.1. The van der Waals surface area contributed by atoms with E-state index in [0.29, 0.717) is 0 Å². The summed E-state index contributed by atoms with van der Waals surface area (Å²) < 4.78 is 0. The van der Waals surface area contributed by atoms with Crippen molar-refractivity contribution in [1.82, 2.24) is 4.90 Å². The van der Waals surface area contributed by atoms with Crippen LogP contribution in [0.5, 0.6) is 0 Å². The smallest absolute Gasteiger partial charge is 0.0707 e. The van der Waals surface area contributed by atoms with Crippen molar-refractivity contribution in [3.05, 3.63) is 113 Å². The summed E-state index contributed by atoms with van der Waals surface area (Å²) in [5.41, 5.74) is 11.9. The zero-order valence-electron chi connectivity index (χ0n) is 20.8. The lowest BCUT2D eigenvalue weighted by molar-refractivity contribution is 0.565. The van der Waals surface area contributed by atoms with Crippen LogP contribution in [0.2, 0.25) is 0 Å². The zero-order chi connectivity index (χ0) is 23.8. The molecule has 0 radical (unpaired) electrons. The number of nitrogens with zero attached hydrogens (tertiary/aromatic N) is 2. The van der Waals surface area contributed by atoms with Gasteiger partial charge in [-0.15, -0.1) is 0 Å². The maximum absolute atomic E-state index is 5.09. The van der Waals surface area contributed by atoms with Gasteiger partial charge >= 0.3 is 0 Å². The molecule has 2 heteroatoms. The van der Waals surface area contributed by atoms with Crippen LogP contribution in [-0.2, 0) is 6.42 Å². The molecule has 0 bridgehead atoms. The van der Waals surface area contributed by atoms with E-state index in [9.17, 15) is 0 Å². The number of aryl methyl sites for hydroxylation is 2. The first-order chi connectivity index (χ1) is 15.2. The van der Waals surface area contributed by atoms with Crippen molar-refractivity contribution in [3.63, 3.8) is 0 Å². The molecule has 0 atom stereocenters. The standard InChI is InChI=1S/C30H38N2/c1-10-13-16-32(9)24(8)28(12-3)23(7)19-26-20-27(17-21(4)5)31-30(26)29-18-22(6)14-15-25(29)11-2/h10,12-18H,1,3,7,11,19-20H2,2,4-6,8-9H3/b16-13-,28-24+. The molecule has 0 fully saturated rings. The number of allylic oxidation sites excluding steroid dienone is 9. The Morgan fingerprint density at radius 2 is 1.91 bits per heavy atom. The second kappa shape index (κ2) is 11.5. The molecule has 0 amide bonds. The van der Waals surface area contributed by atoms with Gasteiger partial charge in [-0.3, -0.25) is 4.99 Å². The third-order valence-electron chi connectivity index (χ3n) is 5.72. The van der Waals surface area contributed by atoms with Crippen LogP contribution < -0.4 is 0 Å². The Hall–Kier alpha value is -3.13. The fraction of sp³-hybridized carbons (Fsp3) is 0.300. The van der Waals surface area contributed by atoms with Crippen molar-refractivity contribution in [2.75, 3.05) is 7.05 Å². The van der Waals surface area contributed by atoms with E-state index in [1.807, 2.05) is 25.4 Å². The number of benzene rings is 1. The summed E-state index contributed by atoms with van der Waals surface area (Å²) in [6.45, 7) is 23.0. The molecule has 1 aliphatic rings. The average molecular weight is 427 g/mol. The Labute approximate surface area is 195 Å². The van der Waals surface area contributed by atoms with Gasteiger partial charge in [0.25, 0.3) is 0 Å². The van der Waals surface area contributed by atoms with Gasteiger partial charge in [-0.25, -0.2) is 0 Å². The van der Waals surface area contributed by atoms with Crippen LogP contribution in [0, 0.1) is 6.92 Å². The topological polar surface area (TPSA) is 15.6 Å². The molecule has 0 saturated heterocycles. The van der Waals surface area contributed by atoms with E-state index in [0.717, 1.165) is 47.5 Å². The average Bonchev–Trinajstić information content (AvgIpc) is 3.13. The van der Waals surface area contributed by atoms with Gasteiger partial charge in [-0.1, -0.05) is 62.1 Å². The van der Waals surface area contributed by atoms with E-state index in [1.54, 1.807) is 6.08 Å². The fourth-order valence-electron chi connectivity index (χ4n) is 3.99. The third-order valence-corrected chi connectivity index (χ3v) is 5.72. The fourth-order valence-corrected chi connectivity index (χ4v) is 3.99. The molecule has 0 unspecified atom stereocenters. The van der Waals surface area contributed by atoms with Gasteiger partial charge in [0.1, 0.15) is 0 Å².